The van der Waals surface area contributed by atoms with E-state index in [4.69, 9.17) is 23.2 Å². The lowest BCUT2D eigenvalue weighted by Crippen LogP contribution is -2.61. The molecule has 2 saturated heterocycles. The Balaban J connectivity index is 1.52. The molecule has 0 spiro atoms. The fourth-order valence-corrected chi connectivity index (χ4v) is 3.04. The smallest absolute Gasteiger partial charge is 0.0595 e. The van der Waals surface area contributed by atoms with Crippen LogP contribution in [0.3, 0.4) is 0 Å². The summed E-state index contributed by atoms with van der Waals surface area (Å²) in [6, 6.07) is 6.70. The SMILES string of the molecule is Clc1ccc(CN2CCN(C3CNC3)CC2)cc1Cl. The molecule has 1 aromatic carbocycles. The van der Waals surface area contributed by atoms with Gasteiger partial charge in [-0.1, -0.05) is 29.3 Å². The van der Waals surface area contributed by atoms with Crippen molar-refractivity contribution in [3.05, 3.63) is 33.8 Å². The summed E-state index contributed by atoms with van der Waals surface area (Å²) in [6.45, 7) is 7.90. The Bertz CT molecular complexity index is 440. The molecule has 104 valence electrons. The Labute approximate surface area is 124 Å². The van der Waals surface area contributed by atoms with Crippen molar-refractivity contribution in [2.45, 2.75) is 12.6 Å². The van der Waals surface area contributed by atoms with Gasteiger partial charge in [-0.25, -0.2) is 0 Å². The van der Waals surface area contributed by atoms with Gasteiger partial charge in [-0.15, -0.1) is 0 Å². The quantitative estimate of drug-likeness (QED) is 0.922. The summed E-state index contributed by atoms with van der Waals surface area (Å²) in [5, 5.41) is 4.62. The van der Waals surface area contributed by atoms with Crippen molar-refractivity contribution in [3.8, 4) is 0 Å². The topological polar surface area (TPSA) is 18.5 Å². The molecule has 2 heterocycles. The molecule has 3 rings (SSSR count). The van der Waals surface area contributed by atoms with Crippen LogP contribution in [-0.4, -0.2) is 55.1 Å². The van der Waals surface area contributed by atoms with Crippen molar-refractivity contribution in [1.29, 1.82) is 0 Å². The molecule has 2 aliphatic heterocycles. The van der Waals surface area contributed by atoms with Gasteiger partial charge in [0.05, 0.1) is 10.0 Å². The van der Waals surface area contributed by atoms with E-state index in [0.717, 1.165) is 38.8 Å². The van der Waals surface area contributed by atoms with Crippen molar-refractivity contribution in [2.75, 3.05) is 39.3 Å². The lowest BCUT2D eigenvalue weighted by molar-refractivity contribution is 0.0696. The maximum atomic E-state index is 6.06. The summed E-state index contributed by atoms with van der Waals surface area (Å²) < 4.78 is 0. The van der Waals surface area contributed by atoms with E-state index >= 15 is 0 Å². The minimum atomic E-state index is 0.632. The number of nitrogens with zero attached hydrogens (tertiary/aromatic N) is 2. The van der Waals surface area contributed by atoms with Crippen LogP contribution in [0, 0.1) is 0 Å². The van der Waals surface area contributed by atoms with Crippen LogP contribution in [0.1, 0.15) is 5.56 Å². The van der Waals surface area contributed by atoms with Crippen molar-refractivity contribution < 1.29 is 0 Å². The number of hydrogen-bond donors (Lipinski definition) is 1. The first-order valence-corrected chi connectivity index (χ1v) is 7.59. The molecule has 0 amide bonds. The van der Waals surface area contributed by atoms with Gasteiger partial charge in [-0.2, -0.15) is 0 Å². The Kier molecular flexibility index (Phi) is 4.30. The summed E-state index contributed by atoms with van der Waals surface area (Å²) in [4.78, 5) is 5.09. The summed E-state index contributed by atoms with van der Waals surface area (Å²) in [5.74, 6) is 0. The highest BCUT2D eigenvalue weighted by Gasteiger charge is 2.27. The zero-order chi connectivity index (χ0) is 13.2. The van der Waals surface area contributed by atoms with Gasteiger partial charge in [-0.3, -0.25) is 9.80 Å². The number of halogens is 2. The van der Waals surface area contributed by atoms with Crippen LogP contribution in [0.4, 0.5) is 0 Å². The maximum absolute atomic E-state index is 6.06. The summed E-state index contributed by atoms with van der Waals surface area (Å²) in [7, 11) is 0. The fraction of sp³-hybridized carbons (Fsp3) is 0.571. The van der Waals surface area contributed by atoms with E-state index < -0.39 is 0 Å². The number of piperazine rings is 1. The molecular formula is C14H19Cl2N3. The first-order valence-electron chi connectivity index (χ1n) is 6.83. The molecule has 0 radical (unpaired) electrons. The molecule has 1 aromatic rings. The number of benzene rings is 1. The molecule has 0 aromatic heterocycles. The monoisotopic (exact) mass is 299 g/mol. The van der Waals surface area contributed by atoms with Gasteiger partial charge in [0.15, 0.2) is 0 Å². The zero-order valence-electron chi connectivity index (χ0n) is 10.9. The van der Waals surface area contributed by atoms with E-state index in [0.29, 0.717) is 10.0 Å². The molecule has 19 heavy (non-hydrogen) atoms. The second-order valence-electron chi connectivity index (χ2n) is 5.37. The highest BCUT2D eigenvalue weighted by Crippen LogP contribution is 2.23. The molecule has 2 fully saturated rings. The van der Waals surface area contributed by atoms with Crippen LogP contribution in [-0.2, 0) is 6.54 Å². The largest absolute Gasteiger partial charge is 0.314 e. The molecule has 5 heteroatoms. The average molecular weight is 300 g/mol. The van der Waals surface area contributed by atoms with Crippen LogP contribution in [0.25, 0.3) is 0 Å². The van der Waals surface area contributed by atoms with E-state index in [2.05, 4.69) is 21.2 Å². The predicted molar refractivity (Wildman–Crippen MR) is 80.0 cm³/mol. The standard InChI is InChI=1S/C14H19Cl2N3/c15-13-2-1-11(7-14(13)16)10-18-3-5-19(6-4-18)12-8-17-9-12/h1-2,7,12,17H,3-6,8-10H2. The lowest BCUT2D eigenvalue weighted by Gasteiger charge is -2.43. The maximum Gasteiger partial charge on any atom is 0.0595 e. The van der Waals surface area contributed by atoms with Gasteiger partial charge in [0, 0.05) is 51.9 Å². The highest BCUT2D eigenvalue weighted by atomic mass is 35.5. The minimum Gasteiger partial charge on any atom is -0.314 e. The van der Waals surface area contributed by atoms with Crippen LogP contribution < -0.4 is 5.32 Å². The zero-order valence-corrected chi connectivity index (χ0v) is 12.4. The molecule has 0 saturated carbocycles. The predicted octanol–water partition coefficient (Wildman–Crippen LogP) is 2.08. The third-order valence-corrected chi connectivity index (χ3v) is 4.81. The van der Waals surface area contributed by atoms with Gasteiger partial charge in [0.1, 0.15) is 0 Å². The number of rotatable bonds is 3. The van der Waals surface area contributed by atoms with Crippen LogP contribution in [0.5, 0.6) is 0 Å². The van der Waals surface area contributed by atoms with Gasteiger partial charge >= 0.3 is 0 Å². The first kappa shape index (κ1) is 13.7. The highest BCUT2D eigenvalue weighted by molar-refractivity contribution is 6.42. The minimum absolute atomic E-state index is 0.632. The van der Waals surface area contributed by atoms with E-state index in [-0.39, 0.29) is 0 Å². The third kappa shape index (κ3) is 3.23. The Morgan fingerprint density at radius 1 is 1.05 bits per heavy atom. The van der Waals surface area contributed by atoms with E-state index in [1.807, 2.05) is 12.1 Å². The van der Waals surface area contributed by atoms with E-state index in [1.54, 1.807) is 0 Å². The molecule has 3 nitrogen and oxygen atoms in total. The van der Waals surface area contributed by atoms with Gasteiger partial charge in [-0.05, 0) is 17.7 Å². The fourth-order valence-electron chi connectivity index (χ4n) is 2.71. The number of hydrogen-bond acceptors (Lipinski definition) is 3. The molecule has 2 aliphatic rings. The van der Waals surface area contributed by atoms with Crippen molar-refractivity contribution in [2.24, 2.45) is 0 Å². The summed E-state index contributed by atoms with van der Waals surface area (Å²) in [6.07, 6.45) is 0. The summed E-state index contributed by atoms with van der Waals surface area (Å²) in [5.41, 5.74) is 1.24. The molecule has 0 atom stereocenters. The van der Waals surface area contributed by atoms with Crippen molar-refractivity contribution >= 4 is 23.2 Å². The van der Waals surface area contributed by atoms with Crippen molar-refractivity contribution in [3.63, 3.8) is 0 Å². The van der Waals surface area contributed by atoms with Crippen LogP contribution >= 0.6 is 23.2 Å². The Morgan fingerprint density at radius 2 is 1.79 bits per heavy atom. The van der Waals surface area contributed by atoms with Gasteiger partial charge in [0.2, 0.25) is 0 Å². The first-order chi connectivity index (χ1) is 9.22. The summed E-state index contributed by atoms with van der Waals surface area (Å²) >= 11 is 12.0. The third-order valence-electron chi connectivity index (χ3n) is 4.07. The Hall–Kier alpha value is -0.320. The molecule has 0 aliphatic carbocycles. The molecule has 0 unspecified atom stereocenters. The van der Waals surface area contributed by atoms with Crippen LogP contribution in [0.15, 0.2) is 18.2 Å². The van der Waals surface area contributed by atoms with Crippen molar-refractivity contribution in [1.82, 2.24) is 15.1 Å². The lowest BCUT2D eigenvalue weighted by atomic mass is 10.1. The second-order valence-corrected chi connectivity index (χ2v) is 6.19. The van der Waals surface area contributed by atoms with Gasteiger partial charge < -0.3 is 5.32 Å². The number of nitrogens with one attached hydrogen (secondary N) is 1. The van der Waals surface area contributed by atoms with Crippen LogP contribution in [0.2, 0.25) is 10.0 Å². The molecule has 0 bridgehead atoms. The van der Waals surface area contributed by atoms with E-state index in [1.165, 1.54) is 18.7 Å². The normalized spacial score (nSPS) is 22.4. The second kappa shape index (κ2) is 5.98. The Morgan fingerprint density at radius 3 is 2.37 bits per heavy atom. The molecular weight excluding hydrogens is 281 g/mol. The molecule has 1 N–H and O–H groups in total. The van der Waals surface area contributed by atoms with E-state index in [9.17, 15) is 0 Å². The average Bonchev–Trinajstić information content (AvgIpc) is 2.34. The van der Waals surface area contributed by atoms with Gasteiger partial charge in [0.25, 0.3) is 0 Å².